The van der Waals surface area contributed by atoms with E-state index in [1.807, 2.05) is 6.07 Å². The van der Waals surface area contributed by atoms with Crippen LogP contribution < -0.4 is 5.32 Å². The van der Waals surface area contributed by atoms with E-state index in [9.17, 15) is 4.39 Å². The van der Waals surface area contributed by atoms with Crippen LogP contribution in [0.3, 0.4) is 0 Å². The minimum atomic E-state index is -0.128. The van der Waals surface area contributed by atoms with Crippen molar-refractivity contribution in [1.82, 2.24) is 0 Å². The molecule has 0 atom stereocenters. The number of benzene rings is 1. The summed E-state index contributed by atoms with van der Waals surface area (Å²) >= 11 is 0. The van der Waals surface area contributed by atoms with E-state index in [-0.39, 0.29) is 5.82 Å². The van der Waals surface area contributed by atoms with Crippen LogP contribution in [0, 0.1) is 18.7 Å². The van der Waals surface area contributed by atoms with Crippen LogP contribution in [0.15, 0.2) is 18.2 Å². The first kappa shape index (κ1) is 8.54. The van der Waals surface area contributed by atoms with Gasteiger partial charge in [-0.15, -0.1) is 0 Å². The zero-order chi connectivity index (χ0) is 9.26. The van der Waals surface area contributed by atoms with Crippen LogP contribution in [0.2, 0.25) is 0 Å². The lowest BCUT2D eigenvalue weighted by Crippen LogP contribution is -2.03. The Bertz CT molecular complexity index is 305. The van der Waals surface area contributed by atoms with Crippen LogP contribution >= 0.6 is 0 Å². The molecule has 13 heavy (non-hydrogen) atoms. The quantitative estimate of drug-likeness (QED) is 0.752. The highest BCUT2D eigenvalue weighted by molar-refractivity contribution is 5.46. The van der Waals surface area contributed by atoms with E-state index < -0.39 is 0 Å². The van der Waals surface area contributed by atoms with Crippen molar-refractivity contribution in [3.05, 3.63) is 29.6 Å². The molecule has 1 aliphatic rings. The van der Waals surface area contributed by atoms with Gasteiger partial charge in [0.05, 0.1) is 0 Å². The van der Waals surface area contributed by atoms with Crippen LogP contribution in [0.25, 0.3) is 0 Å². The summed E-state index contributed by atoms with van der Waals surface area (Å²) in [5, 5.41) is 3.31. The van der Waals surface area contributed by atoms with Crippen molar-refractivity contribution in [2.75, 3.05) is 11.9 Å². The van der Waals surface area contributed by atoms with Crippen LogP contribution in [-0.4, -0.2) is 6.54 Å². The molecule has 1 N–H and O–H groups in total. The fourth-order valence-electron chi connectivity index (χ4n) is 1.34. The maximum Gasteiger partial charge on any atom is 0.126 e. The Hall–Kier alpha value is -1.05. The molecule has 0 saturated heterocycles. The van der Waals surface area contributed by atoms with Crippen molar-refractivity contribution in [3.8, 4) is 0 Å². The van der Waals surface area contributed by atoms with Gasteiger partial charge in [0, 0.05) is 12.2 Å². The van der Waals surface area contributed by atoms with Gasteiger partial charge < -0.3 is 5.32 Å². The number of rotatable bonds is 3. The molecule has 0 radical (unpaired) electrons. The van der Waals surface area contributed by atoms with E-state index in [1.165, 1.54) is 18.9 Å². The van der Waals surface area contributed by atoms with Gasteiger partial charge in [0.1, 0.15) is 5.82 Å². The highest BCUT2D eigenvalue weighted by Gasteiger charge is 2.20. The number of halogens is 1. The molecular formula is C11H14FN. The summed E-state index contributed by atoms with van der Waals surface area (Å²) in [6.45, 7) is 2.82. The predicted molar refractivity (Wildman–Crippen MR) is 52.4 cm³/mol. The van der Waals surface area contributed by atoms with Gasteiger partial charge in [0.2, 0.25) is 0 Å². The molecule has 0 spiro atoms. The van der Waals surface area contributed by atoms with Gasteiger partial charge in [-0.25, -0.2) is 4.39 Å². The van der Waals surface area contributed by atoms with Crippen LogP contribution in [0.5, 0.6) is 0 Å². The first-order valence-electron chi connectivity index (χ1n) is 4.76. The maximum atomic E-state index is 12.9. The molecule has 1 fully saturated rings. The summed E-state index contributed by atoms with van der Waals surface area (Å²) in [7, 11) is 0. The predicted octanol–water partition coefficient (Wildman–Crippen LogP) is 2.96. The lowest BCUT2D eigenvalue weighted by atomic mass is 10.2. The first-order chi connectivity index (χ1) is 6.25. The molecule has 1 aromatic carbocycles. The third-order valence-electron chi connectivity index (χ3n) is 2.45. The summed E-state index contributed by atoms with van der Waals surface area (Å²) in [5.41, 5.74) is 1.74. The molecule has 0 aliphatic heterocycles. The number of hydrogen-bond acceptors (Lipinski definition) is 1. The molecule has 2 rings (SSSR count). The first-order valence-corrected chi connectivity index (χ1v) is 4.76. The summed E-state index contributed by atoms with van der Waals surface area (Å²) < 4.78 is 12.9. The highest BCUT2D eigenvalue weighted by atomic mass is 19.1. The molecule has 1 aromatic rings. The van der Waals surface area contributed by atoms with Crippen LogP contribution in [0.1, 0.15) is 18.4 Å². The molecule has 0 heterocycles. The second kappa shape index (κ2) is 3.36. The van der Waals surface area contributed by atoms with Gasteiger partial charge in [0.25, 0.3) is 0 Å². The summed E-state index contributed by atoms with van der Waals surface area (Å²) in [6.07, 6.45) is 2.68. The van der Waals surface area contributed by atoms with Crippen molar-refractivity contribution in [2.24, 2.45) is 5.92 Å². The molecule has 0 aromatic heterocycles. The Kier molecular flexibility index (Phi) is 2.21. The molecule has 0 unspecified atom stereocenters. The highest BCUT2D eigenvalue weighted by Crippen LogP contribution is 2.29. The molecule has 0 amide bonds. The Balaban J connectivity index is 1.98. The summed E-state index contributed by atoms with van der Waals surface area (Å²) in [6, 6.07) is 5.17. The van der Waals surface area contributed by atoms with Gasteiger partial charge >= 0.3 is 0 Å². The van der Waals surface area contributed by atoms with E-state index in [1.54, 1.807) is 13.0 Å². The van der Waals surface area contributed by atoms with Crippen LogP contribution in [0.4, 0.5) is 10.1 Å². The van der Waals surface area contributed by atoms with Gasteiger partial charge in [0.15, 0.2) is 0 Å². The Labute approximate surface area is 78.0 Å². The minimum Gasteiger partial charge on any atom is -0.385 e. The number of hydrogen-bond donors (Lipinski definition) is 1. The number of anilines is 1. The van der Waals surface area contributed by atoms with Crippen molar-refractivity contribution in [3.63, 3.8) is 0 Å². The fourth-order valence-corrected chi connectivity index (χ4v) is 1.34. The lowest BCUT2D eigenvalue weighted by Gasteiger charge is -2.06. The monoisotopic (exact) mass is 179 g/mol. The van der Waals surface area contributed by atoms with Crippen molar-refractivity contribution in [2.45, 2.75) is 19.8 Å². The largest absolute Gasteiger partial charge is 0.385 e. The maximum absolute atomic E-state index is 12.9. The van der Waals surface area contributed by atoms with Crippen molar-refractivity contribution < 1.29 is 4.39 Å². The second-order valence-electron chi connectivity index (χ2n) is 3.79. The normalized spacial score (nSPS) is 15.8. The van der Waals surface area contributed by atoms with E-state index in [2.05, 4.69) is 5.32 Å². The number of nitrogens with one attached hydrogen (secondary N) is 1. The van der Waals surface area contributed by atoms with Gasteiger partial charge in [-0.2, -0.15) is 0 Å². The van der Waals surface area contributed by atoms with Crippen molar-refractivity contribution >= 4 is 5.69 Å². The zero-order valence-corrected chi connectivity index (χ0v) is 7.81. The summed E-state index contributed by atoms with van der Waals surface area (Å²) in [4.78, 5) is 0. The molecule has 1 nitrogen and oxygen atoms in total. The van der Waals surface area contributed by atoms with Crippen LogP contribution in [-0.2, 0) is 0 Å². The fraction of sp³-hybridized carbons (Fsp3) is 0.455. The summed E-state index contributed by atoms with van der Waals surface area (Å²) in [5.74, 6) is 0.724. The smallest absolute Gasteiger partial charge is 0.126 e. The van der Waals surface area contributed by atoms with Gasteiger partial charge in [-0.1, -0.05) is 0 Å². The van der Waals surface area contributed by atoms with E-state index in [4.69, 9.17) is 0 Å². The average Bonchev–Trinajstić information content (AvgIpc) is 2.91. The molecule has 0 bridgehead atoms. The topological polar surface area (TPSA) is 12.0 Å². The van der Waals surface area contributed by atoms with E-state index in [0.717, 1.165) is 18.2 Å². The lowest BCUT2D eigenvalue weighted by molar-refractivity contribution is 0.618. The van der Waals surface area contributed by atoms with E-state index in [0.29, 0.717) is 5.56 Å². The third-order valence-corrected chi connectivity index (χ3v) is 2.45. The Morgan fingerprint density at radius 3 is 2.85 bits per heavy atom. The Morgan fingerprint density at radius 1 is 1.46 bits per heavy atom. The minimum absolute atomic E-state index is 0.128. The third kappa shape index (κ3) is 2.20. The second-order valence-corrected chi connectivity index (χ2v) is 3.79. The zero-order valence-electron chi connectivity index (χ0n) is 7.81. The molecule has 70 valence electrons. The number of aryl methyl sites for hydroxylation is 1. The Morgan fingerprint density at radius 2 is 2.23 bits per heavy atom. The average molecular weight is 179 g/mol. The molecule has 2 heteroatoms. The molecule has 1 saturated carbocycles. The van der Waals surface area contributed by atoms with E-state index >= 15 is 0 Å². The van der Waals surface area contributed by atoms with Gasteiger partial charge in [-0.05, 0) is 49.4 Å². The molecular weight excluding hydrogens is 165 g/mol. The SMILES string of the molecule is Cc1cc(NCC2CC2)ccc1F. The molecule has 1 aliphatic carbocycles. The van der Waals surface area contributed by atoms with Crippen molar-refractivity contribution in [1.29, 1.82) is 0 Å². The standard InChI is InChI=1S/C11H14FN/c1-8-6-10(4-5-11(8)12)13-7-9-2-3-9/h4-6,9,13H,2-3,7H2,1H3. The van der Waals surface area contributed by atoms with Gasteiger partial charge in [-0.3, -0.25) is 0 Å².